The van der Waals surface area contributed by atoms with Crippen molar-refractivity contribution in [2.24, 2.45) is 0 Å². The molecule has 0 spiro atoms. The SMILES string of the molecule is CNC(c1cnc2ccsc2c1)c1cc(C)ccc1OC. The van der Waals surface area contributed by atoms with Crippen LogP contribution in [0.15, 0.2) is 41.9 Å². The van der Waals surface area contributed by atoms with Crippen molar-refractivity contribution >= 4 is 21.6 Å². The van der Waals surface area contributed by atoms with Crippen LogP contribution in [0, 0.1) is 6.92 Å². The Balaban J connectivity index is 2.10. The number of nitrogens with one attached hydrogen (secondary N) is 1. The van der Waals surface area contributed by atoms with Gasteiger partial charge in [0.2, 0.25) is 0 Å². The van der Waals surface area contributed by atoms with Crippen molar-refractivity contribution in [1.29, 1.82) is 0 Å². The maximum absolute atomic E-state index is 5.52. The fourth-order valence-electron chi connectivity index (χ4n) is 2.60. The quantitative estimate of drug-likeness (QED) is 0.792. The van der Waals surface area contributed by atoms with Crippen LogP contribution in [-0.2, 0) is 0 Å². The molecule has 0 aliphatic heterocycles. The van der Waals surface area contributed by atoms with E-state index in [4.69, 9.17) is 4.74 Å². The van der Waals surface area contributed by atoms with Crippen molar-refractivity contribution in [2.45, 2.75) is 13.0 Å². The zero-order valence-electron chi connectivity index (χ0n) is 12.4. The molecule has 0 aliphatic carbocycles. The highest BCUT2D eigenvalue weighted by Crippen LogP contribution is 2.32. The minimum Gasteiger partial charge on any atom is -0.496 e. The van der Waals surface area contributed by atoms with Gasteiger partial charge < -0.3 is 10.1 Å². The summed E-state index contributed by atoms with van der Waals surface area (Å²) in [7, 11) is 3.67. The van der Waals surface area contributed by atoms with Crippen LogP contribution in [0.5, 0.6) is 5.75 Å². The van der Waals surface area contributed by atoms with Crippen molar-refractivity contribution in [3.63, 3.8) is 0 Å². The molecule has 0 saturated heterocycles. The van der Waals surface area contributed by atoms with E-state index in [0.717, 1.165) is 22.4 Å². The zero-order chi connectivity index (χ0) is 14.8. The summed E-state index contributed by atoms with van der Waals surface area (Å²) < 4.78 is 6.73. The number of fused-ring (bicyclic) bond motifs is 1. The standard InChI is InChI=1S/C17H18N2OS/c1-11-4-5-15(20-3)13(8-11)17(18-2)12-9-16-14(19-10-12)6-7-21-16/h4-10,17-18H,1-3H3. The van der Waals surface area contributed by atoms with E-state index in [1.54, 1.807) is 18.4 Å². The van der Waals surface area contributed by atoms with Crippen LogP contribution in [0.1, 0.15) is 22.7 Å². The molecule has 1 N–H and O–H groups in total. The molecule has 3 aromatic rings. The van der Waals surface area contributed by atoms with Crippen LogP contribution in [0.4, 0.5) is 0 Å². The van der Waals surface area contributed by atoms with E-state index in [-0.39, 0.29) is 6.04 Å². The second-order valence-electron chi connectivity index (χ2n) is 5.04. The Morgan fingerprint density at radius 1 is 1.24 bits per heavy atom. The van der Waals surface area contributed by atoms with E-state index in [1.807, 2.05) is 25.4 Å². The first-order valence-electron chi connectivity index (χ1n) is 6.88. The molecule has 2 heterocycles. The molecule has 4 heteroatoms. The van der Waals surface area contributed by atoms with E-state index in [2.05, 4.69) is 40.8 Å². The van der Waals surface area contributed by atoms with Crippen LogP contribution in [0.2, 0.25) is 0 Å². The van der Waals surface area contributed by atoms with Crippen LogP contribution < -0.4 is 10.1 Å². The van der Waals surface area contributed by atoms with Gasteiger partial charge in [-0.1, -0.05) is 17.7 Å². The van der Waals surface area contributed by atoms with E-state index < -0.39 is 0 Å². The maximum Gasteiger partial charge on any atom is 0.124 e. The molecule has 0 fully saturated rings. The largest absolute Gasteiger partial charge is 0.496 e. The molecule has 108 valence electrons. The van der Waals surface area contributed by atoms with Crippen molar-refractivity contribution in [3.8, 4) is 5.75 Å². The Bertz CT molecular complexity index is 766. The fraction of sp³-hybridized carbons (Fsp3) is 0.235. The van der Waals surface area contributed by atoms with Gasteiger partial charge in [0.15, 0.2) is 0 Å². The van der Waals surface area contributed by atoms with Crippen LogP contribution >= 0.6 is 11.3 Å². The lowest BCUT2D eigenvalue weighted by Crippen LogP contribution is -2.18. The first-order valence-corrected chi connectivity index (χ1v) is 7.76. The Morgan fingerprint density at radius 3 is 2.86 bits per heavy atom. The number of methoxy groups -OCH3 is 1. The van der Waals surface area contributed by atoms with Gasteiger partial charge in [-0.2, -0.15) is 0 Å². The Morgan fingerprint density at radius 2 is 2.10 bits per heavy atom. The number of rotatable bonds is 4. The highest BCUT2D eigenvalue weighted by Gasteiger charge is 2.17. The Hall–Kier alpha value is -1.91. The van der Waals surface area contributed by atoms with Crippen LogP contribution in [0.25, 0.3) is 10.2 Å². The van der Waals surface area contributed by atoms with Gasteiger partial charge in [0, 0.05) is 11.8 Å². The third-order valence-corrected chi connectivity index (χ3v) is 4.50. The minimum atomic E-state index is 0.0684. The molecule has 3 nitrogen and oxygen atoms in total. The molecule has 2 aromatic heterocycles. The van der Waals surface area contributed by atoms with Gasteiger partial charge >= 0.3 is 0 Å². The van der Waals surface area contributed by atoms with E-state index in [1.165, 1.54) is 10.3 Å². The first-order chi connectivity index (χ1) is 10.2. The summed E-state index contributed by atoms with van der Waals surface area (Å²) in [5.41, 5.74) is 4.56. The predicted molar refractivity (Wildman–Crippen MR) is 88.3 cm³/mol. The molecule has 0 bridgehead atoms. The van der Waals surface area contributed by atoms with Gasteiger partial charge in [0.1, 0.15) is 5.75 Å². The molecular weight excluding hydrogens is 280 g/mol. The number of nitrogens with zero attached hydrogens (tertiary/aromatic N) is 1. The maximum atomic E-state index is 5.52. The second-order valence-corrected chi connectivity index (χ2v) is 5.99. The summed E-state index contributed by atoms with van der Waals surface area (Å²) in [6, 6.07) is 10.6. The van der Waals surface area contributed by atoms with Crippen molar-refractivity contribution in [2.75, 3.05) is 14.2 Å². The van der Waals surface area contributed by atoms with Crippen molar-refractivity contribution in [3.05, 3.63) is 58.6 Å². The molecule has 0 aliphatic rings. The van der Waals surface area contributed by atoms with Gasteiger partial charge in [0.05, 0.1) is 23.4 Å². The summed E-state index contributed by atoms with van der Waals surface area (Å²) in [4.78, 5) is 4.54. The summed E-state index contributed by atoms with van der Waals surface area (Å²) >= 11 is 1.72. The Kier molecular flexibility index (Phi) is 3.90. The van der Waals surface area contributed by atoms with Gasteiger partial charge in [-0.3, -0.25) is 4.98 Å². The summed E-state index contributed by atoms with van der Waals surface area (Å²) in [6.45, 7) is 2.09. The number of aromatic nitrogens is 1. The minimum absolute atomic E-state index is 0.0684. The average molecular weight is 298 g/mol. The molecule has 1 atom stereocenters. The molecule has 1 unspecified atom stereocenters. The lowest BCUT2D eigenvalue weighted by Gasteiger charge is -2.20. The van der Waals surface area contributed by atoms with Gasteiger partial charge in [0.25, 0.3) is 0 Å². The molecule has 1 aromatic carbocycles. The lowest BCUT2D eigenvalue weighted by molar-refractivity contribution is 0.405. The number of ether oxygens (including phenoxy) is 1. The highest BCUT2D eigenvalue weighted by molar-refractivity contribution is 7.17. The van der Waals surface area contributed by atoms with Gasteiger partial charge in [-0.05, 0) is 43.1 Å². The molecule has 0 saturated carbocycles. The molecule has 0 radical (unpaired) electrons. The average Bonchev–Trinajstić information content (AvgIpc) is 2.96. The number of aryl methyl sites for hydroxylation is 1. The molecule has 0 amide bonds. The molecule has 3 rings (SSSR count). The van der Waals surface area contributed by atoms with Crippen molar-refractivity contribution in [1.82, 2.24) is 10.3 Å². The number of hydrogen-bond donors (Lipinski definition) is 1. The van der Waals surface area contributed by atoms with E-state index >= 15 is 0 Å². The van der Waals surface area contributed by atoms with Crippen LogP contribution in [-0.4, -0.2) is 19.1 Å². The fourth-order valence-corrected chi connectivity index (χ4v) is 3.39. The zero-order valence-corrected chi connectivity index (χ0v) is 13.2. The third kappa shape index (κ3) is 2.64. The summed E-state index contributed by atoms with van der Waals surface area (Å²) in [5.74, 6) is 0.895. The van der Waals surface area contributed by atoms with Crippen molar-refractivity contribution < 1.29 is 4.74 Å². The summed E-state index contributed by atoms with van der Waals surface area (Å²) in [6.07, 6.45) is 1.94. The molecular formula is C17H18N2OS. The summed E-state index contributed by atoms with van der Waals surface area (Å²) in [5, 5.41) is 5.45. The normalized spacial score (nSPS) is 12.5. The Labute approximate surface area is 128 Å². The van der Waals surface area contributed by atoms with Gasteiger partial charge in [-0.15, -0.1) is 11.3 Å². The molecule has 21 heavy (non-hydrogen) atoms. The van der Waals surface area contributed by atoms with Crippen LogP contribution in [0.3, 0.4) is 0 Å². The monoisotopic (exact) mass is 298 g/mol. The van der Waals surface area contributed by atoms with Gasteiger partial charge in [-0.25, -0.2) is 0 Å². The predicted octanol–water partition coefficient (Wildman–Crippen LogP) is 3.92. The third-order valence-electron chi connectivity index (χ3n) is 3.64. The number of benzene rings is 1. The number of thiophene rings is 1. The topological polar surface area (TPSA) is 34.2 Å². The number of hydrogen-bond acceptors (Lipinski definition) is 4. The first kappa shape index (κ1) is 14.0. The smallest absolute Gasteiger partial charge is 0.124 e. The number of pyridine rings is 1. The lowest BCUT2D eigenvalue weighted by atomic mass is 9.97. The second kappa shape index (κ2) is 5.84. The van der Waals surface area contributed by atoms with E-state index in [0.29, 0.717) is 0 Å². The highest BCUT2D eigenvalue weighted by atomic mass is 32.1. The van der Waals surface area contributed by atoms with E-state index in [9.17, 15) is 0 Å².